The Morgan fingerprint density at radius 3 is 2.78 bits per heavy atom. The van der Waals surface area contributed by atoms with Crippen LogP contribution in [0.3, 0.4) is 0 Å². The summed E-state index contributed by atoms with van der Waals surface area (Å²) in [4.78, 5) is 27.4. The van der Waals surface area contributed by atoms with Crippen molar-refractivity contribution < 1.29 is 28.7 Å². The van der Waals surface area contributed by atoms with Crippen molar-refractivity contribution in [2.45, 2.75) is 38.3 Å². The Bertz CT molecular complexity index is 1160. The lowest BCUT2D eigenvalue weighted by Gasteiger charge is -2.36. The number of thiophene rings is 1. The largest absolute Gasteiger partial charge is 0.476 e. The van der Waals surface area contributed by atoms with Crippen LogP contribution in [0.5, 0.6) is 0 Å². The third-order valence-electron chi connectivity index (χ3n) is 5.49. The lowest BCUT2D eigenvalue weighted by atomic mass is 10.2. The molecule has 0 bridgehead atoms. The molecule has 1 N–H and O–H groups in total. The molecule has 1 aliphatic rings. The fourth-order valence-electron chi connectivity index (χ4n) is 3.75. The second-order valence-corrected chi connectivity index (χ2v) is 9.16. The Hall–Kier alpha value is -2.73. The van der Waals surface area contributed by atoms with Gasteiger partial charge in [0.15, 0.2) is 11.5 Å². The van der Waals surface area contributed by atoms with Gasteiger partial charge < -0.3 is 19.1 Å². The number of carbonyl (C=O) groups is 2. The molecular formula is C20H21ClN4O6S. The van der Waals surface area contributed by atoms with E-state index in [1.807, 2.05) is 6.07 Å². The molecule has 3 aromatic heterocycles. The summed E-state index contributed by atoms with van der Waals surface area (Å²) >= 11 is 7.32. The van der Waals surface area contributed by atoms with Gasteiger partial charge in [-0.25, -0.2) is 4.79 Å². The maximum absolute atomic E-state index is 13.5. The third-order valence-corrected chi connectivity index (χ3v) is 6.73. The summed E-state index contributed by atoms with van der Waals surface area (Å²) in [6, 6.07) is 6.51. The Kier molecular flexibility index (Phi) is 6.08. The number of carbonyl (C=O) groups excluding carboxylic acids is 1. The molecule has 1 saturated heterocycles. The number of rotatable bonds is 7. The van der Waals surface area contributed by atoms with Crippen molar-refractivity contribution in [1.82, 2.24) is 19.8 Å². The number of carboxylic acids is 1. The summed E-state index contributed by atoms with van der Waals surface area (Å²) in [5.74, 6) is -1.18. The molecule has 32 heavy (non-hydrogen) atoms. The smallest absolute Gasteiger partial charge is 0.356 e. The molecule has 1 amide bonds. The van der Waals surface area contributed by atoms with Gasteiger partial charge >= 0.3 is 5.97 Å². The number of nitrogens with zero attached hydrogens (tertiary/aromatic N) is 4. The molecule has 12 heteroatoms. The molecule has 0 aromatic carbocycles. The molecule has 2 atom stereocenters. The zero-order valence-corrected chi connectivity index (χ0v) is 19.1. The summed E-state index contributed by atoms with van der Waals surface area (Å²) < 4.78 is 18.4. The number of likely N-dealkylation sites (tertiary alicyclic amines) is 1. The predicted molar refractivity (Wildman–Crippen MR) is 115 cm³/mol. The summed E-state index contributed by atoms with van der Waals surface area (Å²) in [5.41, 5.74) is -0.596. The molecule has 3 aromatic rings. The Morgan fingerprint density at radius 1 is 1.38 bits per heavy atom. The van der Waals surface area contributed by atoms with E-state index in [1.54, 1.807) is 19.1 Å². The average Bonchev–Trinajstić information content (AvgIpc) is 3.54. The van der Waals surface area contributed by atoms with E-state index >= 15 is 0 Å². The zero-order valence-electron chi connectivity index (χ0n) is 17.6. The van der Waals surface area contributed by atoms with Crippen molar-refractivity contribution in [3.05, 3.63) is 45.7 Å². The van der Waals surface area contributed by atoms with Crippen molar-refractivity contribution in [2.24, 2.45) is 0 Å². The van der Waals surface area contributed by atoms with Gasteiger partial charge in [0.05, 0.1) is 15.8 Å². The van der Waals surface area contributed by atoms with E-state index in [1.165, 1.54) is 41.2 Å². The quantitative estimate of drug-likeness (QED) is 0.545. The third kappa shape index (κ3) is 4.04. The molecular weight excluding hydrogens is 460 g/mol. The minimum absolute atomic E-state index is 0.0339. The maximum Gasteiger partial charge on any atom is 0.356 e. The molecule has 1 aliphatic heterocycles. The fourth-order valence-corrected chi connectivity index (χ4v) is 4.75. The Labute approximate surface area is 192 Å². The number of hydrogen-bond donors (Lipinski definition) is 1. The van der Waals surface area contributed by atoms with E-state index < -0.39 is 23.8 Å². The van der Waals surface area contributed by atoms with Gasteiger partial charge in [-0.1, -0.05) is 16.8 Å². The van der Waals surface area contributed by atoms with Gasteiger partial charge in [0, 0.05) is 26.4 Å². The highest BCUT2D eigenvalue weighted by Crippen LogP contribution is 2.36. The van der Waals surface area contributed by atoms with Crippen LogP contribution in [0.4, 0.5) is 0 Å². The van der Waals surface area contributed by atoms with E-state index in [0.717, 1.165) is 4.88 Å². The van der Waals surface area contributed by atoms with E-state index in [9.17, 15) is 14.7 Å². The van der Waals surface area contributed by atoms with Crippen LogP contribution in [0.25, 0.3) is 10.6 Å². The second-order valence-electron chi connectivity index (χ2n) is 7.45. The van der Waals surface area contributed by atoms with Gasteiger partial charge in [0.25, 0.3) is 5.91 Å². The van der Waals surface area contributed by atoms with Gasteiger partial charge in [-0.15, -0.1) is 11.3 Å². The number of aromatic nitrogens is 3. The first-order chi connectivity index (χ1) is 15.3. The summed E-state index contributed by atoms with van der Waals surface area (Å²) in [5, 5.41) is 17.6. The molecule has 10 nitrogen and oxygen atoms in total. The summed E-state index contributed by atoms with van der Waals surface area (Å²) in [7, 11) is 3.03. The predicted octanol–water partition coefficient (Wildman–Crippen LogP) is 3.57. The Morgan fingerprint density at radius 2 is 2.16 bits per heavy atom. The highest BCUT2D eigenvalue weighted by Gasteiger charge is 2.47. The van der Waals surface area contributed by atoms with Crippen molar-refractivity contribution >= 4 is 34.8 Å². The van der Waals surface area contributed by atoms with Crippen LogP contribution in [0.1, 0.15) is 46.4 Å². The minimum atomic E-state index is -1.24. The van der Waals surface area contributed by atoms with Crippen LogP contribution in [-0.2, 0) is 16.0 Å². The lowest BCUT2D eigenvalue weighted by Crippen LogP contribution is -2.51. The number of methoxy groups -OCH3 is 2. The molecule has 2 unspecified atom stereocenters. The first-order valence-corrected chi connectivity index (χ1v) is 10.9. The van der Waals surface area contributed by atoms with Gasteiger partial charge in [-0.2, -0.15) is 5.10 Å². The van der Waals surface area contributed by atoms with Crippen molar-refractivity contribution in [3.8, 4) is 10.6 Å². The number of aromatic carboxylic acids is 1. The first-order valence-electron chi connectivity index (χ1n) is 9.70. The van der Waals surface area contributed by atoms with Crippen LogP contribution in [0.15, 0.2) is 28.8 Å². The standard InChI is InChI=1S/C20H21ClN4O6S/c1-20(30-3)7-6-17(29-2)25(20)18(26)13-9-12(19(27)28)22-24(13)10-11-8-14(31-23-11)15-4-5-16(21)32-15/h4-5,8-9,17H,6-7,10H2,1-3H3,(H,27,28). The topological polar surface area (TPSA) is 120 Å². The van der Waals surface area contributed by atoms with Gasteiger partial charge in [-0.3, -0.25) is 14.4 Å². The van der Waals surface area contributed by atoms with Crippen LogP contribution in [0.2, 0.25) is 4.34 Å². The van der Waals surface area contributed by atoms with Crippen LogP contribution in [0, 0.1) is 0 Å². The minimum Gasteiger partial charge on any atom is -0.476 e. The highest BCUT2D eigenvalue weighted by atomic mass is 35.5. The molecule has 0 saturated carbocycles. The molecule has 1 fully saturated rings. The van der Waals surface area contributed by atoms with E-state index in [0.29, 0.717) is 28.6 Å². The van der Waals surface area contributed by atoms with Gasteiger partial charge in [-0.05, 0) is 31.9 Å². The van der Waals surface area contributed by atoms with Gasteiger partial charge in [0.2, 0.25) is 0 Å². The van der Waals surface area contributed by atoms with Gasteiger partial charge in [0.1, 0.15) is 23.3 Å². The van der Waals surface area contributed by atoms with Crippen LogP contribution < -0.4 is 0 Å². The second kappa shape index (κ2) is 8.66. The van der Waals surface area contributed by atoms with Crippen LogP contribution >= 0.6 is 22.9 Å². The fraction of sp³-hybridized carbons (Fsp3) is 0.400. The SMILES string of the molecule is COC1CCC(C)(OC)N1C(=O)c1cc(C(=O)O)nn1Cc1cc(-c2ccc(Cl)s2)on1. The first kappa shape index (κ1) is 22.5. The number of ether oxygens (including phenoxy) is 2. The van der Waals surface area contributed by atoms with Crippen molar-refractivity contribution in [3.63, 3.8) is 0 Å². The highest BCUT2D eigenvalue weighted by molar-refractivity contribution is 7.19. The van der Waals surface area contributed by atoms with E-state index in [2.05, 4.69) is 10.3 Å². The molecule has 4 heterocycles. The molecule has 0 radical (unpaired) electrons. The maximum atomic E-state index is 13.5. The number of carboxylic acid groups (broad SMARTS) is 1. The van der Waals surface area contributed by atoms with Crippen LogP contribution in [-0.4, -0.2) is 63.0 Å². The monoisotopic (exact) mass is 480 g/mol. The average molecular weight is 481 g/mol. The van der Waals surface area contributed by atoms with E-state index in [-0.39, 0.29) is 17.9 Å². The summed E-state index contributed by atoms with van der Waals surface area (Å²) in [6.07, 6.45) is 0.651. The number of amides is 1. The normalized spacial score (nSPS) is 20.8. The zero-order chi connectivity index (χ0) is 23.0. The summed E-state index contributed by atoms with van der Waals surface area (Å²) in [6.45, 7) is 1.82. The Balaban J connectivity index is 1.67. The molecule has 4 rings (SSSR count). The molecule has 0 spiro atoms. The van der Waals surface area contributed by atoms with Crippen molar-refractivity contribution in [2.75, 3.05) is 14.2 Å². The number of halogens is 1. The molecule has 170 valence electrons. The number of hydrogen-bond acceptors (Lipinski definition) is 8. The molecule has 0 aliphatic carbocycles. The van der Waals surface area contributed by atoms with Crippen molar-refractivity contribution in [1.29, 1.82) is 0 Å². The van der Waals surface area contributed by atoms with E-state index in [4.69, 9.17) is 25.6 Å². The lowest BCUT2D eigenvalue weighted by molar-refractivity contribution is -0.126.